The lowest BCUT2D eigenvalue weighted by Crippen LogP contribution is -2.35. The van der Waals surface area contributed by atoms with E-state index >= 15 is 0 Å². The van der Waals surface area contributed by atoms with Gasteiger partial charge in [-0.05, 0) is 56.4 Å². The number of rotatable bonds is 10. The Kier molecular flexibility index (Phi) is 8.15. The summed E-state index contributed by atoms with van der Waals surface area (Å²) in [5.41, 5.74) is 1.15. The van der Waals surface area contributed by atoms with E-state index in [0.717, 1.165) is 19.3 Å². The summed E-state index contributed by atoms with van der Waals surface area (Å²) in [5, 5.41) is 11.3. The number of aliphatic hydroxyl groups excluding tert-OH is 1. The first kappa shape index (κ1) is 25.6. The van der Waals surface area contributed by atoms with Crippen molar-refractivity contribution in [3.63, 3.8) is 0 Å². The van der Waals surface area contributed by atoms with Crippen molar-refractivity contribution < 1.29 is 28.9 Å². The smallest absolute Gasteiger partial charge is 0.295 e. The first-order chi connectivity index (χ1) is 17.4. The summed E-state index contributed by atoms with van der Waals surface area (Å²) in [6.45, 7) is 4.49. The monoisotopic (exact) mass is 494 g/mol. The highest BCUT2D eigenvalue weighted by Crippen LogP contribution is 2.41. The van der Waals surface area contributed by atoms with E-state index in [1.54, 1.807) is 18.2 Å². The van der Waals surface area contributed by atoms with Crippen LogP contribution in [-0.4, -0.2) is 73.6 Å². The first-order valence-electron chi connectivity index (χ1n) is 12.5. The van der Waals surface area contributed by atoms with Gasteiger partial charge in [-0.15, -0.1) is 0 Å². The van der Waals surface area contributed by atoms with Crippen LogP contribution in [0.25, 0.3) is 5.76 Å². The maximum atomic E-state index is 13.3. The summed E-state index contributed by atoms with van der Waals surface area (Å²) >= 11 is 0. The van der Waals surface area contributed by atoms with Crippen LogP contribution in [0.2, 0.25) is 0 Å². The molecule has 1 fully saturated rings. The van der Waals surface area contributed by atoms with Gasteiger partial charge in [0, 0.05) is 18.7 Å². The van der Waals surface area contributed by atoms with Gasteiger partial charge in [0.05, 0.1) is 18.2 Å². The molecule has 1 amide bonds. The number of likely N-dealkylation sites (N-methyl/N-ethyl adjacent to an activating group) is 1. The summed E-state index contributed by atoms with van der Waals surface area (Å²) in [4.78, 5) is 29.9. The largest absolute Gasteiger partial charge is 0.507 e. The number of amides is 1. The van der Waals surface area contributed by atoms with Gasteiger partial charge in [-0.25, -0.2) is 0 Å². The number of ether oxygens (including phenoxy) is 3. The molecule has 0 radical (unpaired) electrons. The molecule has 8 nitrogen and oxygen atoms in total. The second-order valence-electron chi connectivity index (χ2n) is 9.28. The van der Waals surface area contributed by atoms with Crippen molar-refractivity contribution in [3.8, 4) is 17.2 Å². The van der Waals surface area contributed by atoms with E-state index in [4.69, 9.17) is 14.2 Å². The van der Waals surface area contributed by atoms with E-state index < -0.39 is 17.7 Å². The van der Waals surface area contributed by atoms with Gasteiger partial charge in [-0.1, -0.05) is 31.9 Å². The van der Waals surface area contributed by atoms with Crippen LogP contribution < -0.4 is 14.2 Å². The molecular formula is C28H34N2O6. The van der Waals surface area contributed by atoms with Gasteiger partial charge in [0.25, 0.3) is 11.7 Å². The van der Waals surface area contributed by atoms with Crippen LogP contribution in [0.5, 0.6) is 17.2 Å². The normalized spacial score (nSPS) is 18.7. The van der Waals surface area contributed by atoms with Gasteiger partial charge < -0.3 is 29.1 Å². The summed E-state index contributed by atoms with van der Waals surface area (Å²) < 4.78 is 17.2. The van der Waals surface area contributed by atoms with E-state index in [2.05, 4.69) is 6.92 Å². The Morgan fingerprint density at radius 1 is 1.08 bits per heavy atom. The minimum Gasteiger partial charge on any atom is -0.507 e. The first-order valence-corrected chi connectivity index (χ1v) is 12.5. The van der Waals surface area contributed by atoms with Gasteiger partial charge in [-0.2, -0.15) is 0 Å². The SMILES string of the molecule is CCCCCOc1cccc([C@H]2C(=C(O)c3ccc4c(c3)OCCO4)C(=O)C(=O)N2CCN(C)C)c1. The van der Waals surface area contributed by atoms with Crippen LogP contribution in [-0.2, 0) is 9.59 Å². The number of likely N-dealkylation sites (tertiary alicyclic amines) is 1. The zero-order chi connectivity index (χ0) is 25.7. The highest BCUT2D eigenvalue weighted by Gasteiger charge is 2.46. The molecule has 0 bridgehead atoms. The Hall–Kier alpha value is -3.52. The number of carbonyl (C=O) groups excluding carboxylic acids is 2. The van der Waals surface area contributed by atoms with Crippen molar-refractivity contribution in [1.82, 2.24) is 9.80 Å². The second kappa shape index (κ2) is 11.5. The zero-order valence-corrected chi connectivity index (χ0v) is 21.2. The predicted molar refractivity (Wildman–Crippen MR) is 136 cm³/mol. The van der Waals surface area contributed by atoms with Crippen LogP contribution in [0.15, 0.2) is 48.0 Å². The van der Waals surface area contributed by atoms with Crippen LogP contribution in [0.3, 0.4) is 0 Å². The average Bonchev–Trinajstić information content (AvgIpc) is 3.14. The number of carbonyl (C=O) groups is 2. The fourth-order valence-electron chi connectivity index (χ4n) is 4.43. The number of hydrogen-bond donors (Lipinski definition) is 1. The number of fused-ring (bicyclic) bond motifs is 1. The van der Waals surface area contributed by atoms with Crippen molar-refractivity contribution in [1.29, 1.82) is 0 Å². The Balaban J connectivity index is 1.74. The molecule has 4 rings (SSSR count). The second-order valence-corrected chi connectivity index (χ2v) is 9.28. The fraction of sp³-hybridized carbons (Fsp3) is 0.429. The van der Waals surface area contributed by atoms with Crippen LogP contribution in [0, 0.1) is 0 Å². The lowest BCUT2D eigenvalue weighted by atomic mass is 9.95. The van der Waals surface area contributed by atoms with Crippen molar-refractivity contribution in [2.24, 2.45) is 0 Å². The maximum Gasteiger partial charge on any atom is 0.295 e. The zero-order valence-electron chi connectivity index (χ0n) is 21.2. The predicted octanol–water partition coefficient (Wildman–Crippen LogP) is 4.01. The standard InChI is InChI=1S/C28H34N2O6/c1-4-5-6-14-34-21-9-7-8-19(17-21)25-24(27(32)28(33)30(25)13-12-29(2)3)26(31)20-10-11-22-23(18-20)36-16-15-35-22/h7-11,17-18,25,31H,4-6,12-16H2,1-3H3/t25-/m0/s1. The number of aliphatic hydroxyl groups is 1. The lowest BCUT2D eigenvalue weighted by Gasteiger charge is -2.27. The fourth-order valence-corrected chi connectivity index (χ4v) is 4.43. The molecular weight excluding hydrogens is 460 g/mol. The molecule has 0 aromatic heterocycles. The molecule has 0 spiro atoms. The quantitative estimate of drug-likeness (QED) is 0.231. The maximum absolute atomic E-state index is 13.3. The number of nitrogens with zero attached hydrogens (tertiary/aromatic N) is 2. The van der Waals surface area contributed by atoms with Crippen LogP contribution in [0.4, 0.5) is 0 Å². The molecule has 2 aromatic rings. The van der Waals surface area contributed by atoms with Crippen molar-refractivity contribution in [2.45, 2.75) is 32.2 Å². The molecule has 192 valence electrons. The highest BCUT2D eigenvalue weighted by atomic mass is 16.6. The molecule has 1 saturated heterocycles. The van der Waals surface area contributed by atoms with Crippen molar-refractivity contribution in [2.75, 3.05) is 47.0 Å². The summed E-state index contributed by atoms with van der Waals surface area (Å²) in [6.07, 6.45) is 3.13. The molecule has 2 aliphatic rings. The summed E-state index contributed by atoms with van der Waals surface area (Å²) in [5.74, 6) is 0.161. The summed E-state index contributed by atoms with van der Waals surface area (Å²) in [6, 6.07) is 11.7. The number of Topliss-reactive ketones (excluding diaryl/α,β-unsaturated/α-hetero) is 1. The van der Waals surface area contributed by atoms with Crippen molar-refractivity contribution >= 4 is 17.4 Å². The molecule has 36 heavy (non-hydrogen) atoms. The molecule has 2 aromatic carbocycles. The minimum atomic E-state index is -0.739. The van der Waals surface area contributed by atoms with E-state index in [1.165, 1.54) is 4.90 Å². The molecule has 0 aliphatic carbocycles. The van der Waals surface area contributed by atoms with Crippen LogP contribution >= 0.6 is 0 Å². The van der Waals surface area contributed by atoms with E-state index in [0.29, 0.717) is 61.3 Å². The molecule has 1 atom stereocenters. The lowest BCUT2D eigenvalue weighted by molar-refractivity contribution is -0.140. The number of hydrogen-bond acceptors (Lipinski definition) is 7. The molecule has 0 unspecified atom stereocenters. The van der Waals surface area contributed by atoms with Gasteiger partial charge in [0.2, 0.25) is 0 Å². The van der Waals surface area contributed by atoms with E-state index in [9.17, 15) is 14.7 Å². The van der Waals surface area contributed by atoms with Crippen molar-refractivity contribution in [3.05, 3.63) is 59.2 Å². The molecule has 1 N–H and O–H groups in total. The van der Waals surface area contributed by atoms with Gasteiger partial charge in [-0.3, -0.25) is 9.59 Å². The third kappa shape index (κ3) is 5.49. The molecule has 8 heteroatoms. The Labute approximate surface area is 212 Å². The van der Waals surface area contributed by atoms with Crippen LogP contribution in [0.1, 0.15) is 43.4 Å². The Morgan fingerprint density at radius 3 is 2.61 bits per heavy atom. The van der Waals surface area contributed by atoms with Gasteiger partial charge in [0.15, 0.2) is 11.5 Å². The third-order valence-electron chi connectivity index (χ3n) is 6.33. The Morgan fingerprint density at radius 2 is 1.86 bits per heavy atom. The van der Waals surface area contributed by atoms with E-state index in [1.807, 2.05) is 43.3 Å². The number of benzene rings is 2. The third-order valence-corrected chi connectivity index (χ3v) is 6.33. The molecule has 2 aliphatic heterocycles. The topological polar surface area (TPSA) is 88.5 Å². The minimum absolute atomic E-state index is 0.0542. The number of ketones is 1. The average molecular weight is 495 g/mol. The number of unbranched alkanes of at least 4 members (excludes halogenated alkanes) is 2. The molecule has 2 heterocycles. The molecule has 0 saturated carbocycles. The highest BCUT2D eigenvalue weighted by molar-refractivity contribution is 6.46. The Bertz CT molecular complexity index is 1140. The van der Waals surface area contributed by atoms with Gasteiger partial charge >= 0.3 is 0 Å². The van der Waals surface area contributed by atoms with Gasteiger partial charge in [0.1, 0.15) is 24.7 Å². The van der Waals surface area contributed by atoms with E-state index in [-0.39, 0.29) is 11.3 Å². The summed E-state index contributed by atoms with van der Waals surface area (Å²) in [7, 11) is 3.82.